The number of halogens is 3. The van der Waals surface area contributed by atoms with Gasteiger partial charge in [-0.3, -0.25) is 0 Å². The van der Waals surface area contributed by atoms with Gasteiger partial charge in [-0.15, -0.1) is 0 Å². The molecule has 0 unspecified atom stereocenters. The molecule has 1 fully saturated rings. The van der Waals surface area contributed by atoms with E-state index in [1.54, 1.807) is 42.5 Å². The maximum Gasteiger partial charge on any atom is 0.335 e. The third-order valence-electron chi connectivity index (χ3n) is 7.27. The maximum absolute atomic E-state index is 14.1. The fraction of sp³-hybridized carbons (Fsp3) is 0.219. The zero-order valence-electron chi connectivity index (χ0n) is 22.4. The summed E-state index contributed by atoms with van der Waals surface area (Å²) in [6.07, 6.45) is 2.50. The molecule has 1 aliphatic heterocycles. The predicted octanol–water partition coefficient (Wildman–Crippen LogP) is 7.59. The molecule has 7 nitrogen and oxygen atoms in total. The van der Waals surface area contributed by atoms with Gasteiger partial charge < -0.3 is 19.1 Å². The van der Waals surface area contributed by atoms with Gasteiger partial charge >= 0.3 is 5.97 Å². The van der Waals surface area contributed by atoms with Crippen LogP contribution in [0.2, 0.25) is 10.0 Å². The fourth-order valence-corrected chi connectivity index (χ4v) is 5.59. The Morgan fingerprint density at radius 3 is 2.71 bits per heavy atom. The number of benzene rings is 3. The number of carboxylic acids is 1. The van der Waals surface area contributed by atoms with E-state index in [-0.39, 0.29) is 18.3 Å². The minimum absolute atomic E-state index is 0.00693. The lowest BCUT2D eigenvalue weighted by Crippen LogP contribution is -2.17. The number of rotatable bonds is 9. The number of aromatic nitrogens is 3. The van der Waals surface area contributed by atoms with Gasteiger partial charge in [-0.1, -0.05) is 47.5 Å². The van der Waals surface area contributed by atoms with Crippen molar-refractivity contribution in [2.45, 2.75) is 38.5 Å². The predicted molar refractivity (Wildman–Crippen MR) is 159 cm³/mol. The Labute approximate surface area is 251 Å². The molecule has 1 atom stereocenters. The van der Waals surface area contributed by atoms with E-state index < -0.39 is 11.8 Å². The summed E-state index contributed by atoms with van der Waals surface area (Å²) < 4.78 is 27.8. The van der Waals surface area contributed by atoms with Gasteiger partial charge in [0.15, 0.2) is 0 Å². The molecule has 42 heavy (non-hydrogen) atoms. The van der Waals surface area contributed by atoms with Crippen LogP contribution in [0.3, 0.4) is 0 Å². The Morgan fingerprint density at radius 2 is 1.95 bits per heavy atom. The Morgan fingerprint density at radius 1 is 1.07 bits per heavy atom. The number of pyridine rings is 1. The van der Waals surface area contributed by atoms with Crippen LogP contribution in [0, 0.1) is 5.82 Å². The number of hydrogen-bond acceptors (Lipinski definition) is 5. The third-order valence-corrected chi connectivity index (χ3v) is 7.82. The van der Waals surface area contributed by atoms with Crippen molar-refractivity contribution in [1.82, 2.24) is 14.5 Å². The van der Waals surface area contributed by atoms with Crippen LogP contribution in [0.5, 0.6) is 5.88 Å². The van der Waals surface area contributed by atoms with Gasteiger partial charge in [0.05, 0.1) is 40.0 Å². The average Bonchev–Trinajstić information content (AvgIpc) is 3.61. The van der Waals surface area contributed by atoms with Crippen LogP contribution >= 0.6 is 23.2 Å². The van der Waals surface area contributed by atoms with Gasteiger partial charge in [-0.25, -0.2) is 19.2 Å². The van der Waals surface area contributed by atoms with Crippen molar-refractivity contribution in [1.29, 1.82) is 0 Å². The van der Waals surface area contributed by atoms with E-state index in [1.165, 1.54) is 6.07 Å². The highest BCUT2D eigenvalue weighted by Crippen LogP contribution is 2.31. The zero-order chi connectivity index (χ0) is 29.2. The number of hydrogen-bond donors (Lipinski definition) is 1. The molecule has 3 heterocycles. The summed E-state index contributed by atoms with van der Waals surface area (Å²) in [5, 5.41) is 10.4. The lowest BCUT2D eigenvalue weighted by molar-refractivity contribution is 0.0697. The van der Waals surface area contributed by atoms with Gasteiger partial charge in [0.25, 0.3) is 0 Å². The quantitative estimate of drug-likeness (QED) is 0.186. The fourth-order valence-electron chi connectivity index (χ4n) is 5.13. The first kappa shape index (κ1) is 28.2. The average molecular weight is 606 g/mol. The zero-order valence-corrected chi connectivity index (χ0v) is 23.9. The molecule has 3 aromatic carbocycles. The summed E-state index contributed by atoms with van der Waals surface area (Å²) in [7, 11) is 0. The van der Waals surface area contributed by atoms with Crippen molar-refractivity contribution in [3.8, 4) is 17.1 Å². The molecule has 0 radical (unpaired) electrons. The summed E-state index contributed by atoms with van der Waals surface area (Å²) in [5.41, 5.74) is 4.37. The second-order valence-corrected chi connectivity index (χ2v) is 11.0. The van der Waals surface area contributed by atoms with Crippen molar-refractivity contribution in [2.24, 2.45) is 0 Å². The van der Waals surface area contributed by atoms with Crippen molar-refractivity contribution in [2.75, 3.05) is 6.61 Å². The van der Waals surface area contributed by atoms with Crippen molar-refractivity contribution in [3.63, 3.8) is 0 Å². The number of aromatic carboxylic acids is 1. The summed E-state index contributed by atoms with van der Waals surface area (Å²) >= 11 is 12.6. The highest BCUT2D eigenvalue weighted by atomic mass is 35.5. The third kappa shape index (κ3) is 6.11. The van der Waals surface area contributed by atoms with Crippen LogP contribution in [0.15, 0.2) is 72.8 Å². The van der Waals surface area contributed by atoms with Crippen LogP contribution in [-0.2, 0) is 24.3 Å². The smallest absolute Gasteiger partial charge is 0.335 e. The largest absolute Gasteiger partial charge is 0.478 e. The van der Waals surface area contributed by atoms with E-state index in [4.69, 9.17) is 37.7 Å². The normalized spacial score (nSPS) is 14.9. The first-order valence-corrected chi connectivity index (χ1v) is 14.3. The van der Waals surface area contributed by atoms with Crippen LogP contribution in [0.25, 0.3) is 22.3 Å². The van der Waals surface area contributed by atoms with E-state index in [2.05, 4.69) is 9.55 Å². The lowest BCUT2D eigenvalue weighted by atomic mass is 10.1. The topological polar surface area (TPSA) is 86.5 Å². The molecular weight excluding hydrogens is 580 g/mol. The number of fused-ring (bicyclic) bond motifs is 1. The molecule has 10 heteroatoms. The molecular formula is C32H26Cl2FN3O4. The molecule has 1 N–H and O–H groups in total. The van der Waals surface area contributed by atoms with Crippen molar-refractivity contribution < 1.29 is 23.8 Å². The van der Waals surface area contributed by atoms with E-state index in [0.29, 0.717) is 40.1 Å². The summed E-state index contributed by atoms with van der Waals surface area (Å²) in [4.78, 5) is 21.0. The number of nitrogens with zero attached hydrogens (tertiary/aromatic N) is 3. The standard InChI is InChI=1S/C32H26Cl2FN3O4/c33-22-9-7-21(26(35)16-22)18-42-31-5-1-4-27(37-31)24-10-6-19(13-25(24)34)14-30-36-28-11-8-20(32(39)40)15-29(28)38(30)17-23-3-2-12-41-23/h1,4-11,13,15-16,23H,2-3,12,14,17-18H2,(H,39,40)/t23-/m0/s1. The minimum Gasteiger partial charge on any atom is -0.478 e. The number of carbonyl (C=O) groups is 1. The Kier molecular flexibility index (Phi) is 8.11. The molecule has 0 saturated carbocycles. The van der Waals surface area contributed by atoms with Gasteiger partial charge in [-0.2, -0.15) is 0 Å². The lowest BCUT2D eigenvalue weighted by Gasteiger charge is -2.15. The molecule has 1 aliphatic rings. The van der Waals surface area contributed by atoms with Crippen molar-refractivity contribution in [3.05, 3.63) is 111 Å². The molecule has 214 valence electrons. The first-order chi connectivity index (χ1) is 20.3. The highest BCUT2D eigenvalue weighted by Gasteiger charge is 2.21. The summed E-state index contributed by atoms with van der Waals surface area (Å²) in [6.45, 7) is 1.33. The molecule has 0 bridgehead atoms. The Hall–Kier alpha value is -3.98. The van der Waals surface area contributed by atoms with Crippen molar-refractivity contribution >= 4 is 40.2 Å². The Balaban J connectivity index is 1.24. The van der Waals surface area contributed by atoms with Crippen LogP contribution in [0.4, 0.5) is 4.39 Å². The highest BCUT2D eigenvalue weighted by molar-refractivity contribution is 6.33. The van der Waals surface area contributed by atoms with E-state index in [0.717, 1.165) is 47.4 Å². The molecule has 0 amide bonds. The minimum atomic E-state index is -0.981. The second-order valence-electron chi connectivity index (χ2n) is 10.2. The molecule has 6 rings (SSSR count). The first-order valence-electron chi connectivity index (χ1n) is 13.5. The van der Waals surface area contributed by atoms with Gasteiger partial charge in [0.2, 0.25) is 5.88 Å². The molecule has 0 aliphatic carbocycles. The molecule has 1 saturated heterocycles. The van der Waals surface area contributed by atoms with Gasteiger partial charge in [0, 0.05) is 35.2 Å². The van der Waals surface area contributed by atoms with Gasteiger partial charge in [0.1, 0.15) is 18.2 Å². The molecule has 0 spiro atoms. The number of ether oxygens (including phenoxy) is 2. The summed E-state index contributed by atoms with van der Waals surface area (Å²) in [6, 6.07) is 20.5. The monoisotopic (exact) mass is 605 g/mol. The van der Waals surface area contributed by atoms with Crippen LogP contribution in [0.1, 0.15) is 40.2 Å². The van der Waals surface area contributed by atoms with E-state index >= 15 is 0 Å². The number of carboxylic acid groups (broad SMARTS) is 1. The summed E-state index contributed by atoms with van der Waals surface area (Å²) in [5.74, 6) is -0.282. The molecule has 2 aromatic heterocycles. The van der Waals surface area contributed by atoms with Crippen LogP contribution in [-0.4, -0.2) is 38.3 Å². The number of imidazole rings is 1. The van der Waals surface area contributed by atoms with Crippen LogP contribution < -0.4 is 4.74 Å². The Bertz CT molecular complexity index is 1790. The SMILES string of the molecule is O=C(O)c1ccc2nc(Cc3ccc(-c4cccc(OCc5ccc(Cl)cc5F)n4)c(Cl)c3)n(C[C@@H]3CCCO3)c2c1. The second kappa shape index (κ2) is 12.1. The van der Waals surface area contributed by atoms with E-state index in [9.17, 15) is 14.3 Å². The maximum atomic E-state index is 14.1. The van der Waals surface area contributed by atoms with Gasteiger partial charge in [-0.05, 0) is 60.9 Å². The molecule has 5 aromatic rings. The van der Waals surface area contributed by atoms with E-state index in [1.807, 2.05) is 24.3 Å².